The molecule has 0 spiro atoms. The third kappa shape index (κ3) is 0.620. The van der Waals surface area contributed by atoms with Gasteiger partial charge in [0.15, 0.2) is 0 Å². The molecule has 2 unspecified atom stereocenters. The van der Waals surface area contributed by atoms with Crippen LogP contribution >= 0.6 is 15.9 Å². The Morgan fingerprint density at radius 3 is 2.33 bits per heavy atom. The molecule has 1 aliphatic carbocycles. The molecule has 1 fully saturated rings. The fourth-order valence-electron chi connectivity index (χ4n) is 0.322. The summed E-state index contributed by atoms with van der Waals surface area (Å²) in [5.74, 6) is 0.338. The second-order valence-electron chi connectivity index (χ2n) is 1.55. The molecule has 0 aromatic heterocycles. The molecule has 34 valence electrons. The lowest BCUT2D eigenvalue weighted by molar-refractivity contribution is -0.108. The monoisotopic (exact) mass is 148 g/mol. The summed E-state index contributed by atoms with van der Waals surface area (Å²) in [5, 5.41) is 0. The van der Waals surface area contributed by atoms with Crippen molar-refractivity contribution in [2.75, 3.05) is 0 Å². The maximum atomic E-state index is 9.75. The van der Waals surface area contributed by atoms with Gasteiger partial charge in [0.05, 0.1) is 0 Å². The molecule has 2 atom stereocenters. The Kier molecular flexibility index (Phi) is 0.960. The van der Waals surface area contributed by atoms with Gasteiger partial charge in [0.1, 0.15) is 6.29 Å². The van der Waals surface area contributed by atoms with Gasteiger partial charge in [0.25, 0.3) is 0 Å². The summed E-state index contributed by atoms with van der Waals surface area (Å²) in [7, 11) is 0. The van der Waals surface area contributed by atoms with Crippen LogP contribution in [0.3, 0.4) is 0 Å². The van der Waals surface area contributed by atoms with E-state index in [1.807, 2.05) is 0 Å². The highest BCUT2D eigenvalue weighted by atomic mass is 79.9. The van der Waals surface area contributed by atoms with Gasteiger partial charge in [-0.2, -0.15) is 0 Å². The van der Waals surface area contributed by atoms with Gasteiger partial charge in [-0.1, -0.05) is 15.9 Å². The number of carbonyl (C=O) groups is 1. The van der Waals surface area contributed by atoms with Gasteiger partial charge in [0, 0.05) is 10.7 Å². The summed E-state index contributed by atoms with van der Waals surface area (Å²) in [6, 6.07) is 0. The minimum absolute atomic E-state index is 0.338. The Balaban J connectivity index is 2.25. The van der Waals surface area contributed by atoms with E-state index in [9.17, 15) is 4.79 Å². The molecule has 1 aliphatic rings. The number of hydrogen-bond donors (Lipinski definition) is 0. The van der Waals surface area contributed by atoms with Crippen molar-refractivity contribution in [2.24, 2.45) is 5.92 Å². The number of alkyl halides is 1. The molecule has 1 nitrogen and oxygen atoms in total. The van der Waals surface area contributed by atoms with Crippen LogP contribution in [0.1, 0.15) is 6.42 Å². The lowest BCUT2D eigenvalue weighted by atomic mass is 10.5. The number of rotatable bonds is 1. The average molecular weight is 149 g/mol. The first-order valence-corrected chi connectivity index (χ1v) is 2.85. The molecule has 1 saturated carbocycles. The third-order valence-corrected chi connectivity index (χ3v) is 1.99. The molecular formula is C4H5BrO. The zero-order valence-corrected chi connectivity index (χ0v) is 4.81. The van der Waals surface area contributed by atoms with Crippen LogP contribution in [0.25, 0.3) is 0 Å². The van der Waals surface area contributed by atoms with Crippen molar-refractivity contribution in [1.29, 1.82) is 0 Å². The van der Waals surface area contributed by atoms with Crippen molar-refractivity contribution >= 4 is 22.2 Å². The Labute approximate surface area is 44.9 Å². The first-order valence-electron chi connectivity index (χ1n) is 1.94. The molecule has 0 aromatic rings. The predicted octanol–water partition coefficient (Wildman–Crippen LogP) is 0.969. The molecule has 0 saturated heterocycles. The summed E-state index contributed by atoms with van der Waals surface area (Å²) in [6.07, 6.45) is 2.04. The first-order chi connectivity index (χ1) is 2.84. The maximum Gasteiger partial charge on any atom is 0.124 e. The summed E-state index contributed by atoms with van der Waals surface area (Å²) >= 11 is 3.28. The van der Waals surface area contributed by atoms with E-state index in [-0.39, 0.29) is 0 Å². The topological polar surface area (TPSA) is 17.1 Å². The fourth-order valence-corrected chi connectivity index (χ4v) is 0.879. The second kappa shape index (κ2) is 1.34. The minimum Gasteiger partial charge on any atom is -0.303 e. The van der Waals surface area contributed by atoms with Crippen LogP contribution in [0.2, 0.25) is 0 Å². The molecule has 0 N–H and O–H groups in total. The zero-order chi connectivity index (χ0) is 4.57. The highest BCUT2D eigenvalue weighted by Gasteiger charge is 2.33. The Morgan fingerprint density at radius 1 is 1.83 bits per heavy atom. The lowest BCUT2D eigenvalue weighted by Gasteiger charge is -1.65. The molecule has 2 heteroatoms. The molecule has 0 bridgehead atoms. The number of carbonyl (C=O) groups excluding carboxylic acids is 1. The summed E-state index contributed by atoms with van der Waals surface area (Å²) in [4.78, 5) is 10.3. The quantitative estimate of drug-likeness (QED) is 0.401. The van der Waals surface area contributed by atoms with Crippen molar-refractivity contribution in [3.05, 3.63) is 0 Å². The van der Waals surface area contributed by atoms with Crippen LogP contribution < -0.4 is 0 Å². The minimum atomic E-state index is 0.338. The van der Waals surface area contributed by atoms with E-state index < -0.39 is 0 Å². The number of halogens is 1. The molecule has 1 rings (SSSR count). The van der Waals surface area contributed by atoms with Gasteiger partial charge in [-0.15, -0.1) is 0 Å². The standard InChI is InChI=1S/C4H5BrO/c5-4-1-3(4)2-6/h2-4H,1H2. The van der Waals surface area contributed by atoms with Gasteiger partial charge in [0.2, 0.25) is 0 Å². The summed E-state index contributed by atoms with van der Waals surface area (Å²) < 4.78 is 0. The van der Waals surface area contributed by atoms with Crippen LogP contribution in [0.5, 0.6) is 0 Å². The van der Waals surface area contributed by atoms with E-state index in [1.54, 1.807) is 0 Å². The highest BCUT2D eigenvalue weighted by Crippen LogP contribution is 2.35. The van der Waals surface area contributed by atoms with Crippen LogP contribution in [-0.2, 0) is 4.79 Å². The molecule has 0 radical (unpaired) electrons. The van der Waals surface area contributed by atoms with Gasteiger partial charge in [-0.25, -0.2) is 0 Å². The molecule has 0 amide bonds. The van der Waals surface area contributed by atoms with Gasteiger partial charge in [-0.05, 0) is 6.42 Å². The van der Waals surface area contributed by atoms with E-state index >= 15 is 0 Å². The lowest BCUT2D eigenvalue weighted by Crippen LogP contribution is -1.75. The first kappa shape index (κ1) is 4.31. The third-order valence-electron chi connectivity index (χ3n) is 0.934. The van der Waals surface area contributed by atoms with Gasteiger partial charge >= 0.3 is 0 Å². The highest BCUT2D eigenvalue weighted by molar-refractivity contribution is 9.09. The van der Waals surface area contributed by atoms with Crippen LogP contribution in [0, 0.1) is 5.92 Å². The SMILES string of the molecule is O=CC1CC1Br. The predicted molar refractivity (Wildman–Crippen MR) is 26.9 cm³/mol. The van der Waals surface area contributed by atoms with E-state index in [4.69, 9.17) is 0 Å². The second-order valence-corrected chi connectivity index (χ2v) is 2.73. The van der Waals surface area contributed by atoms with E-state index in [0.717, 1.165) is 12.7 Å². The Bertz CT molecular complexity index is 71.9. The van der Waals surface area contributed by atoms with Crippen LogP contribution in [0.15, 0.2) is 0 Å². The molecule has 6 heavy (non-hydrogen) atoms. The van der Waals surface area contributed by atoms with Gasteiger partial charge < -0.3 is 4.79 Å². The van der Waals surface area contributed by atoms with Crippen molar-refractivity contribution in [3.63, 3.8) is 0 Å². The Morgan fingerprint density at radius 2 is 2.33 bits per heavy atom. The molecule has 0 aliphatic heterocycles. The fraction of sp³-hybridized carbons (Fsp3) is 0.750. The van der Waals surface area contributed by atoms with E-state index in [0.29, 0.717) is 10.7 Å². The summed E-state index contributed by atoms with van der Waals surface area (Å²) in [5.41, 5.74) is 0. The largest absolute Gasteiger partial charge is 0.303 e. The molecule has 0 heterocycles. The van der Waals surface area contributed by atoms with Crippen molar-refractivity contribution in [1.82, 2.24) is 0 Å². The van der Waals surface area contributed by atoms with Crippen molar-refractivity contribution in [2.45, 2.75) is 11.2 Å². The smallest absolute Gasteiger partial charge is 0.124 e. The summed E-state index contributed by atoms with van der Waals surface area (Å²) in [6.45, 7) is 0. The van der Waals surface area contributed by atoms with Gasteiger partial charge in [-0.3, -0.25) is 0 Å². The van der Waals surface area contributed by atoms with Crippen molar-refractivity contribution < 1.29 is 4.79 Å². The molecular weight excluding hydrogens is 144 g/mol. The van der Waals surface area contributed by atoms with E-state index in [2.05, 4.69) is 15.9 Å². The molecule has 0 aromatic carbocycles. The maximum absolute atomic E-state index is 9.75. The average Bonchev–Trinajstić information content (AvgIpc) is 2.19. The van der Waals surface area contributed by atoms with E-state index in [1.165, 1.54) is 0 Å². The normalized spacial score (nSPS) is 42.2. The number of aldehydes is 1. The number of hydrogen-bond acceptors (Lipinski definition) is 1. The van der Waals surface area contributed by atoms with Crippen LogP contribution in [-0.4, -0.2) is 11.1 Å². The van der Waals surface area contributed by atoms with Crippen molar-refractivity contribution in [3.8, 4) is 0 Å². The zero-order valence-electron chi connectivity index (χ0n) is 3.23. The Hall–Kier alpha value is 0.150. The van der Waals surface area contributed by atoms with Crippen LogP contribution in [0.4, 0.5) is 0 Å².